The first-order chi connectivity index (χ1) is 14.0. The van der Waals surface area contributed by atoms with Gasteiger partial charge in [0.05, 0.1) is 5.56 Å². The van der Waals surface area contributed by atoms with E-state index >= 15 is 0 Å². The number of aryl methyl sites for hydroxylation is 1. The fourth-order valence-electron chi connectivity index (χ4n) is 4.33. The molecule has 154 valence electrons. The number of carbonyl (C=O) groups is 2. The number of likely N-dealkylation sites (tertiary alicyclic amines) is 1. The molecule has 1 fully saturated rings. The molecule has 1 atom stereocenters. The molecule has 0 aromatic heterocycles. The number of ketones is 1. The van der Waals surface area contributed by atoms with Crippen molar-refractivity contribution >= 4 is 11.7 Å². The van der Waals surface area contributed by atoms with E-state index in [9.17, 15) is 9.59 Å². The minimum absolute atomic E-state index is 0.0622. The van der Waals surface area contributed by atoms with Crippen molar-refractivity contribution in [1.82, 2.24) is 9.80 Å². The molecule has 1 heterocycles. The molecule has 29 heavy (non-hydrogen) atoms. The standard InChI is InChI=1S/C25H32N2O2/c1-19-9-4-5-11-22(19)14-16-27-15-8-10-21(18-27)17-26(3)25(29)24-13-7-6-12-23(24)20(2)28/h4-7,9,11-13,21H,8,10,14-18H2,1-3H3/t21-/m0/s1. The molecule has 1 amide bonds. The van der Waals surface area contributed by atoms with Gasteiger partial charge in [-0.3, -0.25) is 9.59 Å². The number of hydrogen-bond acceptors (Lipinski definition) is 3. The minimum Gasteiger partial charge on any atom is -0.341 e. The van der Waals surface area contributed by atoms with Crippen LogP contribution in [0.5, 0.6) is 0 Å². The highest BCUT2D eigenvalue weighted by Crippen LogP contribution is 2.20. The Hall–Kier alpha value is -2.46. The van der Waals surface area contributed by atoms with Crippen LogP contribution in [0.25, 0.3) is 0 Å². The van der Waals surface area contributed by atoms with Crippen molar-refractivity contribution in [3.8, 4) is 0 Å². The highest BCUT2D eigenvalue weighted by atomic mass is 16.2. The molecule has 1 aliphatic rings. The third-order valence-electron chi connectivity index (χ3n) is 5.98. The highest BCUT2D eigenvalue weighted by Gasteiger charge is 2.24. The summed E-state index contributed by atoms with van der Waals surface area (Å²) >= 11 is 0. The van der Waals surface area contributed by atoms with Gasteiger partial charge in [0.25, 0.3) is 5.91 Å². The molecule has 0 unspecified atom stereocenters. The van der Waals surface area contributed by atoms with Crippen molar-refractivity contribution in [2.24, 2.45) is 5.92 Å². The Labute approximate surface area is 174 Å². The van der Waals surface area contributed by atoms with Gasteiger partial charge in [-0.25, -0.2) is 0 Å². The lowest BCUT2D eigenvalue weighted by Crippen LogP contribution is -2.42. The van der Waals surface area contributed by atoms with Crippen LogP contribution in [0.15, 0.2) is 48.5 Å². The fraction of sp³-hybridized carbons (Fsp3) is 0.440. The topological polar surface area (TPSA) is 40.6 Å². The zero-order valence-electron chi connectivity index (χ0n) is 17.9. The second-order valence-electron chi connectivity index (χ2n) is 8.27. The van der Waals surface area contributed by atoms with E-state index in [1.54, 1.807) is 23.1 Å². The summed E-state index contributed by atoms with van der Waals surface area (Å²) in [7, 11) is 1.85. The first-order valence-electron chi connectivity index (χ1n) is 10.6. The van der Waals surface area contributed by atoms with Crippen LogP contribution in [0.1, 0.15) is 51.6 Å². The van der Waals surface area contributed by atoms with Crippen LogP contribution >= 0.6 is 0 Å². The van der Waals surface area contributed by atoms with E-state index in [0.29, 0.717) is 17.0 Å². The third kappa shape index (κ3) is 5.54. The Balaban J connectivity index is 1.56. The number of hydrogen-bond donors (Lipinski definition) is 0. The van der Waals surface area contributed by atoms with Gasteiger partial charge in [0.1, 0.15) is 0 Å². The van der Waals surface area contributed by atoms with E-state index in [1.165, 1.54) is 24.5 Å². The molecule has 1 saturated heterocycles. The van der Waals surface area contributed by atoms with Crippen LogP contribution in [0.4, 0.5) is 0 Å². The second-order valence-corrected chi connectivity index (χ2v) is 8.27. The molecular formula is C25H32N2O2. The smallest absolute Gasteiger partial charge is 0.254 e. The van der Waals surface area contributed by atoms with Crippen molar-refractivity contribution in [3.63, 3.8) is 0 Å². The summed E-state index contributed by atoms with van der Waals surface area (Å²) in [5.41, 5.74) is 3.79. The lowest BCUT2D eigenvalue weighted by Gasteiger charge is -2.35. The Bertz CT molecular complexity index is 861. The average Bonchev–Trinajstić information content (AvgIpc) is 2.73. The zero-order valence-corrected chi connectivity index (χ0v) is 17.9. The summed E-state index contributed by atoms with van der Waals surface area (Å²) < 4.78 is 0. The van der Waals surface area contributed by atoms with Crippen LogP contribution in [0.3, 0.4) is 0 Å². The molecule has 4 nitrogen and oxygen atoms in total. The summed E-state index contributed by atoms with van der Waals surface area (Å²) in [6.07, 6.45) is 3.39. The number of nitrogens with zero attached hydrogens (tertiary/aromatic N) is 2. The normalized spacial score (nSPS) is 17.1. The molecule has 2 aromatic rings. The van der Waals surface area contributed by atoms with Crippen LogP contribution in [0.2, 0.25) is 0 Å². The molecule has 0 radical (unpaired) electrons. The molecule has 0 spiro atoms. The lowest BCUT2D eigenvalue weighted by molar-refractivity contribution is 0.0726. The molecule has 3 rings (SSSR count). The second kappa shape index (κ2) is 9.84. The van der Waals surface area contributed by atoms with Gasteiger partial charge in [0.15, 0.2) is 5.78 Å². The van der Waals surface area contributed by atoms with E-state index in [4.69, 9.17) is 0 Å². The van der Waals surface area contributed by atoms with Crippen LogP contribution in [-0.4, -0.2) is 54.7 Å². The number of Topliss-reactive ketones (excluding diaryl/α,β-unsaturated/α-hetero) is 1. The van der Waals surface area contributed by atoms with Crippen molar-refractivity contribution in [2.75, 3.05) is 33.2 Å². The maximum absolute atomic E-state index is 12.9. The number of benzene rings is 2. The molecule has 2 aromatic carbocycles. The Morgan fingerprint density at radius 1 is 1.07 bits per heavy atom. The first-order valence-corrected chi connectivity index (χ1v) is 10.6. The van der Waals surface area contributed by atoms with Crippen molar-refractivity contribution < 1.29 is 9.59 Å². The van der Waals surface area contributed by atoms with Gasteiger partial charge in [-0.1, -0.05) is 42.5 Å². The summed E-state index contributed by atoms with van der Waals surface area (Å²) in [5.74, 6) is 0.342. The number of piperidine rings is 1. The summed E-state index contributed by atoms with van der Waals surface area (Å²) in [6, 6.07) is 15.7. The van der Waals surface area contributed by atoms with Crippen LogP contribution in [-0.2, 0) is 6.42 Å². The van der Waals surface area contributed by atoms with Crippen LogP contribution < -0.4 is 0 Å². The molecule has 0 aliphatic carbocycles. The predicted octanol–water partition coefficient (Wildman–Crippen LogP) is 4.22. The van der Waals surface area contributed by atoms with E-state index < -0.39 is 0 Å². The first kappa shape index (κ1) is 21.3. The summed E-state index contributed by atoms with van der Waals surface area (Å²) in [4.78, 5) is 29.1. The maximum Gasteiger partial charge on any atom is 0.254 e. The minimum atomic E-state index is -0.0672. The quantitative estimate of drug-likeness (QED) is 0.662. The van der Waals surface area contributed by atoms with Gasteiger partial charge in [-0.2, -0.15) is 0 Å². The monoisotopic (exact) mass is 392 g/mol. The van der Waals surface area contributed by atoms with Gasteiger partial charge >= 0.3 is 0 Å². The van der Waals surface area contributed by atoms with Gasteiger partial charge in [0.2, 0.25) is 0 Å². The molecule has 0 N–H and O–H groups in total. The number of rotatable bonds is 7. The van der Waals surface area contributed by atoms with E-state index in [2.05, 4.69) is 36.1 Å². The van der Waals surface area contributed by atoms with Gasteiger partial charge < -0.3 is 9.80 Å². The van der Waals surface area contributed by atoms with E-state index in [-0.39, 0.29) is 11.7 Å². The van der Waals surface area contributed by atoms with Gasteiger partial charge in [-0.15, -0.1) is 0 Å². The van der Waals surface area contributed by atoms with Crippen molar-refractivity contribution in [2.45, 2.75) is 33.1 Å². The van der Waals surface area contributed by atoms with Gasteiger partial charge in [0, 0.05) is 32.2 Å². The molecule has 0 saturated carbocycles. The SMILES string of the molecule is CC(=O)c1ccccc1C(=O)N(C)C[C@@H]1CCCN(CCc2ccccc2C)C1. The Morgan fingerprint density at radius 3 is 2.48 bits per heavy atom. The van der Waals surface area contributed by atoms with Crippen molar-refractivity contribution in [3.05, 3.63) is 70.8 Å². The number of carbonyl (C=O) groups excluding carboxylic acids is 2. The molecule has 4 heteroatoms. The maximum atomic E-state index is 12.9. The molecule has 0 bridgehead atoms. The Kier molecular flexibility index (Phi) is 7.21. The predicted molar refractivity (Wildman–Crippen MR) is 117 cm³/mol. The Morgan fingerprint density at radius 2 is 1.76 bits per heavy atom. The van der Waals surface area contributed by atoms with Crippen molar-refractivity contribution in [1.29, 1.82) is 0 Å². The molecule has 1 aliphatic heterocycles. The van der Waals surface area contributed by atoms with Crippen LogP contribution in [0, 0.1) is 12.8 Å². The van der Waals surface area contributed by atoms with Gasteiger partial charge in [-0.05, 0) is 62.8 Å². The largest absolute Gasteiger partial charge is 0.341 e. The third-order valence-corrected chi connectivity index (χ3v) is 5.98. The fourth-order valence-corrected chi connectivity index (χ4v) is 4.33. The molecular weight excluding hydrogens is 360 g/mol. The summed E-state index contributed by atoms with van der Waals surface area (Å²) in [5, 5.41) is 0. The highest BCUT2D eigenvalue weighted by molar-refractivity contribution is 6.07. The van der Waals surface area contributed by atoms with E-state index in [1.807, 2.05) is 13.1 Å². The zero-order chi connectivity index (χ0) is 20.8. The number of amides is 1. The van der Waals surface area contributed by atoms with E-state index in [0.717, 1.165) is 39.0 Å². The lowest BCUT2D eigenvalue weighted by atomic mass is 9.96. The summed E-state index contributed by atoms with van der Waals surface area (Å²) in [6.45, 7) is 7.64. The average molecular weight is 393 g/mol.